The fourth-order valence-electron chi connectivity index (χ4n) is 3.40. The number of amides is 2. The molecule has 2 aromatic rings. The standard InChI is InChI=1S/C24H28N4O4/c1-27(2)15-22(29)28(3)18-10-8-17(9-11-18)25-13-5-6-20-19-12-7-16(24(31)32-4)14-21(19)26-23(20)30/h6-12,14,25H,5,13,15H2,1-4H3,(H,26,30). The predicted molar refractivity (Wildman–Crippen MR) is 126 cm³/mol. The highest BCUT2D eigenvalue weighted by molar-refractivity contribution is 6.31. The van der Waals surface area contributed by atoms with Crippen molar-refractivity contribution in [2.24, 2.45) is 0 Å². The van der Waals surface area contributed by atoms with Crippen LogP contribution in [0.1, 0.15) is 22.3 Å². The third-order valence-corrected chi connectivity index (χ3v) is 5.13. The zero-order valence-corrected chi connectivity index (χ0v) is 18.8. The van der Waals surface area contributed by atoms with Crippen molar-refractivity contribution < 1.29 is 19.1 Å². The van der Waals surface area contributed by atoms with Crippen LogP contribution in [-0.4, -0.2) is 64.0 Å². The number of ether oxygens (including phenoxy) is 1. The molecule has 0 aromatic heterocycles. The Labute approximate surface area is 187 Å². The average Bonchev–Trinajstić information content (AvgIpc) is 3.09. The Bertz CT molecular complexity index is 1040. The molecule has 0 bridgehead atoms. The number of likely N-dealkylation sites (N-methyl/N-ethyl adjacent to an activating group) is 2. The minimum Gasteiger partial charge on any atom is -0.465 e. The van der Waals surface area contributed by atoms with E-state index in [1.54, 1.807) is 30.1 Å². The van der Waals surface area contributed by atoms with Crippen molar-refractivity contribution in [2.45, 2.75) is 6.42 Å². The summed E-state index contributed by atoms with van der Waals surface area (Å²) in [4.78, 5) is 39.6. The van der Waals surface area contributed by atoms with Crippen LogP contribution in [0.25, 0.3) is 5.57 Å². The van der Waals surface area contributed by atoms with Crippen LogP contribution in [0, 0.1) is 0 Å². The Kier molecular flexibility index (Phi) is 7.27. The zero-order valence-electron chi connectivity index (χ0n) is 18.8. The van der Waals surface area contributed by atoms with E-state index in [0.717, 1.165) is 16.9 Å². The summed E-state index contributed by atoms with van der Waals surface area (Å²) in [5, 5.41) is 6.11. The van der Waals surface area contributed by atoms with Crippen molar-refractivity contribution in [3.05, 3.63) is 59.7 Å². The summed E-state index contributed by atoms with van der Waals surface area (Å²) in [5.74, 6) is -0.601. The maximum atomic E-state index is 12.3. The molecule has 0 atom stereocenters. The number of nitrogens with zero attached hydrogens (tertiary/aromatic N) is 2. The molecule has 8 heteroatoms. The molecule has 2 aromatic carbocycles. The van der Waals surface area contributed by atoms with Crippen LogP contribution in [0.2, 0.25) is 0 Å². The van der Waals surface area contributed by atoms with Gasteiger partial charge < -0.3 is 25.2 Å². The molecule has 2 N–H and O–H groups in total. The van der Waals surface area contributed by atoms with Gasteiger partial charge in [0.2, 0.25) is 5.91 Å². The number of hydrogen-bond acceptors (Lipinski definition) is 6. The van der Waals surface area contributed by atoms with Crippen LogP contribution in [-0.2, 0) is 14.3 Å². The molecule has 0 radical (unpaired) electrons. The van der Waals surface area contributed by atoms with Crippen molar-refractivity contribution in [3.8, 4) is 0 Å². The van der Waals surface area contributed by atoms with E-state index in [9.17, 15) is 14.4 Å². The normalized spacial score (nSPS) is 13.7. The highest BCUT2D eigenvalue weighted by Crippen LogP contribution is 2.33. The number of hydrogen-bond donors (Lipinski definition) is 2. The van der Waals surface area contributed by atoms with E-state index < -0.39 is 5.97 Å². The Hall–Kier alpha value is -3.65. The van der Waals surface area contributed by atoms with Gasteiger partial charge in [0.25, 0.3) is 5.91 Å². The largest absolute Gasteiger partial charge is 0.465 e. The second-order valence-corrected chi connectivity index (χ2v) is 7.78. The first-order chi connectivity index (χ1) is 15.3. The van der Waals surface area contributed by atoms with Gasteiger partial charge in [0.1, 0.15) is 0 Å². The number of benzene rings is 2. The van der Waals surface area contributed by atoms with Crippen LogP contribution < -0.4 is 15.5 Å². The van der Waals surface area contributed by atoms with Gasteiger partial charge in [0, 0.05) is 41.8 Å². The van der Waals surface area contributed by atoms with Crippen LogP contribution in [0.15, 0.2) is 48.5 Å². The maximum absolute atomic E-state index is 12.3. The summed E-state index contributed by atoms with van der Waals surface area (Å²) in [6.07, 6.45) is 2.53. The lowest BCUT2D eigenvalue weighted by Gasteiger charge is -2.20. The zero-order chi connectivity index (χ0) is 23.3. The number of carbonyl (C=O) groups excluding carboxylic acids is 3. The Morgan fingerprint density at radius 1 is 1.09 bits per heavy atom. The lowest BCUT2D eigenvalue weighted by atomic mass is 10.0. The molecule has 3 rings (SSSR count). The summed E-state index contributed by atoms with van der Waals surface area (Å²) in [7, 11) is 6.81. The van der Waals surface area contributed by atoms with E-state index in [1.165, 1.54) is 7.11 Å². The third-order valence-electron chi connectivity index (χ3n) is 5.13. The first-order valence-electron chi connectivity index (χ1n) is 10.3. The first-order valence-corrected chi connectivity index (χ1v) is 10.3. The van der Waals surface area contributed by atoms with Crippen LogP contribution in [0.5, 0.6) is 0 Å². The predicted octanol–water partition coefficient (Wildman–Crippen LogP) is 2.84. The monoisotopic (exact) mass is 436 g/mol. The number of rotatable bonds is 8. The van der Waals surface area contributed by atoms with E-state index in [4.69, 9.17) is 4.74 Å². The molecule has 0 aliphatic carbocycles. The molecule has 1 aliphatic rings. The number of methoxy groups -OCH3 is 1. The number of carbonyl (C=O) groups is 3. The molecule has 0 saturated heterocycles. The fraction of sp³-hybridized carbons (Fsp3) is 0.292. The van der Waals surface area contributed by atoms with Gasteiger partial charge in [-0.3, -0.25) is 9.59 Å². The highest BCUT2D eigenvalue weighted by Gasteiger charge is 2.24. The van der Waals surface area contributed by atoms with Gasteiger partial charge >= 0.3 is 5.97 Å². The van der Waals surface area contributed by atoms with Gasteiger partial charge in [-0.15, -0.1) is 0 Å². The molecule has 0 spiro atoms. The average molecular weight is 437 g/mol. The summed E-state index contributed by atoms with van der Waals surface area (Å²) in [6.45, 7) is 0.993. The lowest BCUT2D eigenvalue weighted by molar-refractivity contribution is -0.119. The van der Waals surface area contributed by atoms with E-state index in [2.05, 4.69) is 10.6 Å². The topological polar surface area (TPSA) is 91.0 Å². The van der Waals surface area contributed by atoms with Crippen LogP contribution in [0.3, 0.4) is 0 Å². The SMILES string of the molecule is COC(=O)c1ccc2c(c1)NC(=O)C2=CCCNc1ccc(N(C)C(=O)CN(C)C)cc1. The Morgan fingerprint density at radius 3 is 2.47 bits per heavy atom. The third kappa shape index (κ3) is 5.33. The summed E-state index contributed by atoms with van der Waals surface area (Å²) < 4.78 is 4.72. The molecular formula is C24H28N4O4. The number of fused-ring (bicyclic) bond motifs is 1. The molecule has 8 nitrogen and oxygen atoms in total. The fourth-order valence-corrected chi connectivity index (χ4v) is 3.40. The highest BCUT2D eigenvalue weighted by atomic mass is 16.5. The molecule has 1 aliphatic heterocycles. The number of esters is 1. The van der Waals surface area contributed by atoms with Crippen LogP contribution in [0.4, 0.5) is 17.1 Å². The molecule has 168 valence electrons. The van der Waals surface area contributed by atoms with Gasteiger partial charge in [0.15, 0.2) is 0 Å². The van der Waals surface area contributed by atoms with E-state index in [0.29, 0.717) is 36.3 Å². The summed E-state index contributed by atoms with van der Waals surface area (Å²) in [5.41, 5.74) is 4.13. The number of nitrogens with one attached hydrogen (secondary N) is 2. The smallest absolute Gasteiger partial charge is 0.337 e. The maximum Gasteiger partial charge on any atom is 0.337 e. The van der Waals surface area contributed by atoms with Crippen molar-refractivity contribution in [3.63, 3.8) is 0 Å². The van der Waals surface area contributed by atoms with E-state index in [-0.39, 0.29) is 11.8 Å². The molecule has 32 heavy (non-hydrogen) atoms. The van der Waals surface area contributed by atoms with Crippen molar-refractivity contribution in [2.75, 3.05) is 56.9 Å². The summed E-state index contributed by atoms with van der Waals surface area (Å²) in [6, 6.07) is 12.7. The van der Waals surface area contributed by atoms with Gasteiger partial charge in [-0.05, 0) is 56.9 Å². The molecule has 0 unspecified atom stereocenters. The van der Waals surface area contributed by atoms with Crippen LogP contribution >= 0.6 is 0 Å². The van der Waals surface area contributed by atoms with Crippen molar-refractivity contribution >= 4 is 40.4 Å². The van der Waals surface area contributed by atoms with Crippen molar-refractivity contribution in [1.82, 2.24) is 4.90 Å². The van der Waals surface area contributed by atoms with E-state index >= 15 is 0 Å². The molecule has 1 heterocycles. The minimum absolute atomic E-state index is 0.0242. The molecule has 0 saturated carbocycles. The van der Waals surface area contributed by atoms with Crippen molar-refractivity contribution in [1.29, 1.82) is 0 Å². The minimum atomic E-state index is -0.442. The molecule has 0 fully saturated rings. The van der Waals surface area contributed by atoms with Gasteiger partial charge in [-0.25, -0.2) is 4.79 Å². The molecule has 2 amide bonds. The first kappa shape index (κ1) is 23.0. The van der Waals surface area contributed by atoms with Gasteiger partial charge in [-0.1, -0.05) is 12.1 Å². The second-order valence-electron chi connectivity index (χ2n) is 7.78. The molecular weight excluding hydrogens is 408 g/mol. The second kappa shape index (κ2) is 10.1. The lowest BCUT2D eigenvalue weighted by Crippen LogP contribution is -2.34. The van der Waals surface area contributed by atoms with Gasteiger partial charge in [-0.2, -0.15) is 0 Å². The Balaban J connectivity index is 1.57. The summed E-state index contributed by atoms with van der Waals surface area (Å²) >= 11 is 0. The quantitative estimate of drug-likeness (QED) is 0.376. The number of anilines is 3. The van der Waals surface area contributed by atoms with E-state index in [1.807, 2.05) is 49.3 Å². The van der Waals surface area contributed by atoms with Gasteiger partial charge in [0.05, 0.1) is 19.2 Å². The Morgan fingerprint density at radius 2 is 1.81 bits per heavy atom.